The van der Waals surface area contributed by atoms with Crippen LogP contribution in [0.25, 0.3) is 0 Å². The fourth-order valence-corrected chi connectivity index (χ4v) is 3.79. The summed E-state index contributed by atoms with van der Waals surface area (Å²) in [5, 5.41) is 10.1. The predicted octanol–water partition coefficient (Wildman–Crippen LogP) is 6.57. The number of benzene rings is 3. The third-order valence-electron chi connectivity index (χ3n) is 3.77. The maximum absolute atomic E-state index is 11.8. The Morgan fingerprint density at radius 3 is 2.30 bits per heavy atom. The van der Waals surface area contributed by atoms with E-state index >= 15 is 0 Å². The van der Waals surface area contributed by atoms with Gasteiger partial charge in [0.1, 0.15) is 16.7 Å². The average Bonchev–Trinajstić information content (AvgIpc) is 2.66. The Bertz CT molecular complexity index is 914. The zero-order chi connectivity index (χ0) is 19.2. The highest BCUT2D eigenvalue weighted by atomic mass is 35.5. The van der Waals surface area contributed by atoms with E-state index in [1.807, 2.05) is 42.5 Å². The Balaban J connectivity index is 1.83. The van der Waals surface area contributed by atoms with Crippen LogP contribution in [-0.4, -0.2) is 16.3 Å². The van der Waals surface area contributed by atoms with Crippen LogP contribution in [0, 0.1) is 0 Å². The minimum Gasteiger partial charge on any atom is -0.480 e. The summed E-state index contributed by atoms with van der Waals surface area (Å²) in [6, 6.07) is 21.7. The summed E-state index contributed by atoms with van der Waals surface area (Å²) < 4.78 is 5.93. The van der Waals surface area contributed by atoms with Gasteiger partial charge in [0, 0.05) is 14.9 Å². The molecule has 27 heavy (non-hydrogen) atoms. The van der Waals surface area contributed by atoms with Gasteiger partial charge in [-0.3, -0.25) is 4.79 Å². The van der Waals surface area contributed by atoms with E-state index in [1.165, 1.54) is 11.8 Å². The van der Waals surface area contributed by atoms with Gasteiger partial charge in [-0.25, -0.2) is 0 Å². The Hall–Kier alpha value is -2.14. The molecule has 0 bridgehead atoms. The lowest BCUT2D eigenvalue weighted by atomic mass is 10.1. The second kappa shape index (κ2) is 9.18. The van der Waals surface area contributed by atoms with Crippen molar-refractivity contribution in [3.8, 4) is 11.5 Å². The van der Waals surface area contributed by atoms with E-state index in [1.54, 1.807) is 30.3 Å². The van der Waals surface area contributed by atoms with Crippen molar-refractivity contribution in [2.75, 3.05) is 0 Å². The van der Waals surface area contributed by atoms with Crippen LogP contribution in [0.15, 0.2) is 77.7 Å². The number of hydrogen-bond acceptors (Lipinski definition) is 3. The molecule has 0 fully saturated rings. The SMILES string of the molecule is O=C(O)[C@H](Cc1cc(Cl)ccc1Oc1ccccc1)Sc1ccc(Cl)cc1. The number of ether oxygens (including phenoxy) is 1. The molecule has 3 aromatic carbocycles. The Kier molecular flexibility index (Phi) is 6.67. The van der Waals surface area contributed by atoms with Crippen LogP contribution in [-0.2, 0) is 11.2 Å². The van der Waals surface area contributed by atoms with Crippen LogP contribution in [0.2, 0.25) is 10.0 Å². The zero-order valence-electron chi connectivity index (χ0n) is 14.1. The number of rotatable bonds is 7. The van der Waals surface area contributed by atoms with Crippen LogP contribution in [0.1, 0.15) is 5.56 Å². The second-order valence-electron chi connectivity index (χ2n) is 5.77. The summed E-state index contributed by atoms with van der Waals surface area (Å²) in [5.74, 6) is 0.368. The summed E-state index contributed by atoms with van der Waals surface area (Å²) in [6.45, 7) is 0. The first kappa shape index (κ1) is 19.6. The van der Waals surface area contributed by atoms with Gasteiger partial charge in [-0.15, -0.1) is 11.8 Å². The summed E-state index contributed by atoms with van der Waals surface area (Å²) in [7, 11) is 0. The molecule has 0 radical (unpaired) electrons. The van der Waals surface area contributed by atoms with Gasteiger partial charge in [-0.05, 0) is 66.6 Å². The molecule has 3 rings (SSSR count). The van der Waals surface area contributed by atoms with Crippen molar-refractivity contribution < 1.29 is 14.6 Å². The van der Waals surface area contributed by atoms with Crippen molar-refractivity contribution in [3.05, 3.63) is 88.4 Å². The normalized spacial score (nSPS) is 11.8. The molecular weight excluding hydrogens is 403 g/mol. The number of carbonyl (C=O) groups is 1. The van der Waals surface area contributed by atoms with Crippen molar-refractivity contribution >= 4 is 40.9 Å². The van der Waals surface area contributed by atoms with Crippen LogP contribution in [0.5, 0.6) is 11.5 Å². The maximum Gasteiger partial charge on any atom is 0.317 e. The van der Waals surface area contributed by atoms with Crippen molar-refractivity contribution in [2.24, 2.45) is 0 Å². The highest BCUT2D eigenvalue weighted by molar-refractivity contribution is 8.00. The maximum atomic E-state index is 11.8. The summed E-state index contributed by atoms with van der Waals surface area (Å²) in [5.41, 5.74) is 0.736. The van der Waals surface area contributed by atoms with Gasteiger partial charge in [0.15, 0.2) is 0 Å². The van der Waals surface area contributed by atoms with Crippen molar-refractivity contribution in [1.29, 1.82) is 0 Å². The molecule has 0 saturated heterocycles. The Morgan fingerprint density at radius 2 is 1.63 bits per heavy atom. The van der Waals surface area contributed by atoms with Crippen LogP contribution >= 0.6 is 35.0 Å². The molecule has 0 aromatic heterocycles. The number of aliphatic carboxylic acids is 1. The molecule has 6 heteroatoms. The minimum atomic E-state index is -0.902. The van der Waals surface area contributed by atoms with Gasteiger partial charge in [0.2, 0.25) is 0 Å². The van der Waals surface area contributed by atoms with E-state index in [-0.39, 0.29) is 6.42 Å². The molecule has 0 aliphatic rings. The number of thioether (sulfide) groups is 1. The number of carboxylic acid groups (broad SMARTS) is 1. The van der Waals surface area contributed by atoms with Gasteiger partial charge in [0.25, 0.3) is 0 Å². The molecule has 1 N–H and O–H groups in total. The van der Waals surface area contributed by atoms with Gasteiger partial charge in [0.05, 0.1) is 0 Å². The summed E-state index contributed by atoms with van der Waals surface area (Å²) in [4.78, 5) is 12.6. The van der Waals surface area contributed by atoms with E-state index in [0.717, 1.165) is 10.5 Å². The first-order valence-corrected chi connectivity index (χ1v) is 9.81. The molecule has 0 spiro atoms. The lowest BCUT2D eigenvalue weighted by molar-refractivity contribution is -0.136. The molecular formula is C21H16Cl2O3S. The van der Waals surface area contributed by atoms with E-state index in [0.29, 0.717) is 21.5 Å². The van der Waals surface area contributed by atoms with Crippen molar-refractivity contribution in [2.45, 2.75) is 16.6 Å². The monoisotopic (exact) mass is 418 g/mol. The van der Waals surface area contributed by atoms with E-state index in [4.69, 9.17) is 27.9 Å². The minimum absolute atomic E-state index is 0.269. The quantitative estimate of drug-likeness (QED) is 0.440. The lowest BCUT2D eigenvalue weighted by Gasteiger charge is -2.16. The molecule has 138 valence electrons. The van der Waals surface area contributed by atoms with Gasteiger partial charge in [-0.1, -0.05) is 41.4 Å². The van der Waals surface area contributed by atoms with Crippen molar-refractivity contribution in [3.63, 3.8) is 0 Å². The first-order valence-electron chi connectivity index (χ1n) is 8.17. The third-order valence-corrected chi connectivity index (χ3v) is 5.45. The molecule has 0 aliphatic carbocycles. The van der Waals surface area contributed by atoms with E-state index < -0.39 is 11.2 Å². The topological polar surface area (TPSA) is 46.5 Å². The molecule has 0 aliphatic heterocycles. The standard InChI is InChI=1S/C21H16Cl2O3S/c22-15-6-9-18(10-7-15)27-20(21(24)25)13-14-12-16(23)8-11-19(14)26-17-4-2-1-3-5-17/h1-12,20H,13H2,(H,24,25)/t20-/m0/s1. The van der Waals surface area contributed by atoms with Gasteiger partial charge >= 0.3 is 5.97 Å². The van der Waals surface area contributed by atoms with E-state index in [2.05, 4.69) is 0 Å². The molecule has 1 atom stereocenters. The molecule has 0 heterocycles. The third kappa shape index (κ3) is 5.67. The zero-order valence-corrected chi connectivity index (χ0v) is 16.5. The number of hydrogen-bond donors (Lipinski definition) is 1. The molecule has 0 saturated carbocycles. The summed E-state index contributed by atoms with van der Waals surface area (Å²) in [6.07, 6.45) is 0.269. The largest absolute Gasteiger partial charge is 0.480 e. The number of para-hydroxylation sites is 1. The Labute approximate surface area is 171 Å². The van der Waals surface area contributed by atoms with Gasteiger partial charge < -0.3 is 9.84 Å². The van der Waals surface area contributed by atoms with Gasteiger partial charge in [-0.2, -0.15) is 0 Å². The van der Waals surface area contributed by atoms with E-state index in [9.17, 15) is 9.90 Å². The average molecular weight is 419 g/mol. The fourth-order valence-electron chi connectivity index (χ4n) is 2.48. The fraction of sp³-hybridized carbons (Fsp3) is 0.0952. The molecule has 0 amide bonds. The first-order chi connectivity index (χ1) is 13.0. The van der Waals surface area contributed by atoms with Crippen molar-refractivity contribution in [1.82, 2.24) is 0 Å². The highest BCUT2D eigenvalue weighted by Crippen LogP contribution is 2.33. The highest BCUT2D eigenvalue weighted by Gasteiger charge is 2.22. The molecule has 3 aromatic rings. The molecule has 0 unspecified atom stereocenters. The Morgan fingerprint density at radius 1 is 0.963 bits per heavy atom. The lowest BCUT2D eigenvalue weighted by Crippen LogP contribution is -2.19. The summed E-state index contributed by atoms with van der Waals surface area (Å²) >= 11 is 13.3. The molecule has 3 nitrogen and oxygen atoms in total. The van der Waals surface area contributed by atoms with Crippen LogP contribution < -0.4 is 4.74 Å². The number of carboxylic acids is 1. The second-order valence-corrected chi connectivity index (χ2v) is 7.92. The predicted molar refractivity (Wildman–Crippen MR) is 110 cm³/mol. The van der Waals surface area contributed by atoms with Crippen LogP contribution in [0.4, 0.5) is 0 Å². The van der Waals surface area contributed by atoms with Crippen LogP contribution in [0.3, 0.4) is 0 Å². The smallest absolute Gasteiger partial charge is 0.317 e. The number of halogens is 2.